The summed E-state index contributed by atoms with van der Waals surface area (Å²) in [6.07, 6.45) is 0. The van der Waals surface area contributed by atoms with Crippen molar-refractivity contribution in [3.05, 3.63) is 163 Å². The van der Waals surface area contributed by atoms with Crippen molar-refractivity contribution in [2.45, 2.75) is 19.3 Å². The topological polar surface area (TPSA) is 4.93 Å². The van der Waals surface area contributed by atoms with Gasteiger partial charge in [-0.3, -0.25) is 0 Å². The summed E-state index contributed by atoms with van der Waals surface area (Å²) in [4.78, 5) is 0. The normalized spacial score (nSPS) is 13.5. The number of thiophene rings is 1. The predicted octanol–water partition coefficient (Wildman–Crippen LogP) is 12.8. The van der Waals surface area contributed by atoms with Gasteiger partial charge in [-0.25, -0.2) is 0 Å². The predicted molar refractivity (Wildman–Crippen MR) is 202 cm³/mol. The number of benzene rings is 7. The van der Waals surface area contributed by atoms with Crippen LogP contribution in [0.15, 0.2) is 152 Å². The third kappa shape index (κ3) is 3.83. The molecule has 47 heavy (non-hydrogen) atoms. The maximum atomic E-state index is 2.48. The highest BCUT2D eigenvalue weighted by molar-refractivity contribution is 7.26. The Kier molecular flexibility index (Phi) is 5.57. The molecule has 1 aliphatic carbocycles. The van der Waals surface area contributed by atoms with Gasteiger partial charge in [0, 0.05) is 47.6 Å². The smallest absolute Gasteiger partial charge is 0.0541 e. The molecular formula is C45H31NS. The number of hydrogen-bond acceptors (Lipinski definition) is 1. The van der Waals surface area contributed by atoms with Crippen LogP contribution in [0.2, 0.25) is 0 Å². The molecule has 2 heteroatoms. The molecule has 0 unspecified atom stereocenters. The number of aromatic nitrogens is 1. The van der Waals surface area contributed by atoms with Gasteiger partial charge in [0.05, 0.1) is 11.0 Å². The zero-order valence-electron chi connectivity index (χ0n) is 26.3. The summed E-state index contributed by atoms with van der Waals surface area (Å²) >= 11 is 1.93. The Hall–Kier alpha value is -5.44. The van der Waals surface area contributed by atoms with E-state index in [4.69, 9.17) is 0 Å². The van der Waals surface area contributed by atoms with Gasteiger partial charge in [0.1, 0.15) is 0 Å². The summed E-state index contributed by atoms with van der Waals surface area (Å²) in [6.45, 7) is 4.76. The maximum absolute atomic E-state index is 2.48. The van der Waals surface area contributed by atoms with Crippen LogP contribution in [0.1, 0.15) is 25.0 Å². The van der Waals surface area contributed by atoms with E-state index < -0.39 is 0 Å². The molecule has 0 N–H and O–H groups in total. The third-order valence-electron chi connectivity index (χ3n) is 10.4. The Morgan fingerprint density at radius 1 is 0.468 bits per heavy atom. The Balaban J connectivity index is 1.25. The standard InChI is InChI=1S/C45H31NS/c1-45(2)38-21-19-32(27-37(38)43-39(45)22-20-34-33-15-9-10-16-42(33)47-44(34)43)46-40-23-17-30(28-11-5-3-6-12-28)25-35(40)36-26-31(18-24-41(36)46)29-13-7-4-8-14-29/h3-27H,1-2H3. The first-order valence-electron chi connectivity index (χ1n) is 16.4. The quantitative estimate of drug-likeness (QED) is 0.186. The van der Waals surface area contributed by atoms with Crippen molar-refractivity contribution in [2.24, 2.45) is 0 Å². The molecule has 0 amide bonds. The van der Waals surface area contributed by atoms with Crippen LogP contribution < -0.4 is 0 Å². The molecule has 10 rings (SSSR count). The van der Waals surface area contributed by atoms with E-state index in [2.05, 4.69) is 170 Å². The summed E-state index contributed by atoms with van der Waals surface area (Å²) in [5.74, 6) is 0. The van der Waals surface area contributed by atoms with Crippen molar-refractivity contribution < 1.29 is 0 Å². The number of nitrogens with zero attached hydrogens (tertiary/aromatic N) is 1. The van der Waals surface area contributed by atoms with Gasteiger partial charge in [-0.1, -0.05) is 123 Å². The molecule has 0 aliphatic heterocycles. The molecular weight excluding hydrogens is 587 g/mol. The minimum Gasteiger partial charge on any atom is -0.309 e. The zero-order valence-corrected chi connectivity index (χ0v) is 27.1. The Bertz CT molecular complexity index is 2590. The molecule has 0 saturated heterocycles. The lowest BCUT2D eigenvalue weighted by Gasteiger charge is -2.21. The lowest BCUT2D eigenvalue weighted by atomic mass is 9.82. The highest BCUT2D eigenvalue weighted by atomic mass is 32.1. The molecule has 9 aromatic rings. The van der Waals surface area contributed by atoms with E-state index in [1.54, 1.807) is 0 Å². The number of hydrogen-bond donors (Lipinski definition) is 0. The molecule has 2 aromatic heterocycles. The zero-order chi connectivity index (χ0) is 31.3. The SMILES string of the molecule is CC1(C)c2ccc(-n3c4ccc(-c5ccccc5)cc4c4cc(-c5ccccc5)ccc43)cc2-c2c1ccc1c2sc2ccccc21. The second-order valence-corrected chi connectivity index (χ2v) is 14.4. The summed E-state index contributed by atoms with van der Waals surface area (Å²) in [5, 5.41) is 5.25. The van der Waals surface area contributed by atoms with Crippen molar-refractivity contribution >= 4 is 53.3 Å². The lowest BCUT2D eigenvalue weighted by Crippen LogP contribution is -2.14. The van der Waals surface area contributed by atoms with Gasteiger partial charge in [0.2, 0.25) is 0 Å². The van der Waals surface area contributed by atoms with E-state index in [0.29, 0.717) is 0 Å². The lowest BCUT2D eigenvalue weighted by molar-refractivity contribution is 0.661. The third-order valence-corrected chi connectivity index (χ3v) is 11.6. The molecule has 0 bridgehead atoms. The van der Waals surface area contributed by atoms with E-state index in [-0.39, 0.29) is 5.41 Å². The molecule has 1 aliphatic rings. The van der Waals surface area contributed by atoms with Crippen LogP contribution in [-0.4, -0.2) is 4.57 Å². The van der Waals surface area contributed by atoms with Crippen LogP contribution >= 0.6 is 11.3 Å². The van der Waals surface area contributed by atoms with E-state index in [1.807, 2.05) is 11.3 Å². The molecule has 1 nitrogen and oxygen atoms in total. The van der Waals surface area contributed by atoms with Gasteiger partial charge in [0.25, 0.3) is 0 Å². The first-order chi connectivity index (χ1) is 23.1. The van der Waals surface area contributed by atoms with E-state index in [1.165, 1.54) is 92.2 Å². The maximum Gasteiger partial charge on any atom is 0.0541 e. The first-order valence-corrected chi connectivity index (χ1v) is 17.2. The number of rotatable bonds is 3. The monoisotopic (exact) mass is 617 g/mol. The van der Waals surface area contributed by atoms with Crippen LogP contribution in [0, 0.1) is 0 Å². The fraction of sp³-hybridized carbons (Fsp3) is 0.0667. The summed E-state index contributed by atoms with van der Waals surface area (Å²) in [5.41, 5.74) is 14.1. The van der Waals surface area contributed by atoms with Crippen LogP contribution in [0.4, 0.5) is 0 Å². The van der Waals surface area contributed by atoms with E-state index >= 15 is 0 Å². The molecule has 2 heterocycles. The number of fused-ring (bicyclic) bond motifs is 10. The van der Waals surface area contributed by atoms with Crippen LogP contribution in [0.5, 0.6) is 0 Å². The minimum absolute atomic E-state index is 0.0659. The van der Waals surface area contributed by atoms with Crippen molar-refractivity contribution in [1.29, 1.82) is 0 Å². The van der Waals surface area contributed by atoms with Gasteiger partial charge in [-0.05, 0) is 81.4 Å². The van der Waals surface area contributed by atoms with Crippen molar-refractivity contribution in [3.8, 4) is 39.1 Å². The molecule has 0 radical (unpaired) electrons. The van der Waals surface area contributed by atoms with Crippen molar-refractivity contribution in [3.63, 3.8) is 0 Å². The molecule has 0 atom stereocenters. The van der Waals surface area contributed by atoms with Crippen LogP contribution in [0.3, 0.4) is 0 Å². The van der Waals surface area contributed by atoms with E-state index in [0.717, 1.165) is 0 Å². The second kappa shape index (κ2) is 9.78. The summed E-state index contributed by atoms with van der Waals surface area (Å²) in [6, 6.07) is 56.1. The molecule has 222 valence electrons. The average molecular weight is 618 g/mol. The fourth-order valence-electron chi connectivity index (χ4n) is 8.07. The van der Waals surface area contributed by atoms with Gasteiger partial charge in [-0.15, -0.1) is 11.3 Å². The molecule has 0 saturated carbocycles. The first kappa shape index (κ1) is 26.7. The second-order valence-electron chi connectivity index (χ2n) is 13.3. The molecule has 7 aromatic carbocycles. The highest BCUT2D eigenvalue weighted by Gasteiger charge is 2.37. The van der Waals surface area contributed by atoms with Crippen molar-refractivity contribution in [1.82, 2.24) is 4.57 Å². The summed E-state index contributed by atoms with van der Waals surface area (Å²) in [7, 11) is 0. The Morgan fingerprint density at radius 2 is 1.06 bits per heavy atom. The van der Waals surface area contributed by atoms with Crippen LogP contribution in [-0.2, 0) is 5.41 Å². The van der Waals surface area contributed by atoms with Gasteiger partial charge in [-0.2, -0.15) is 0 Å². The Labute approximate surface area is 278 Å². The highest BCUT2D eigenvalue weighted by Crippen LogP contribution is 2.54. The molecule has 0 fully saturated rings. The van der Waals surface area contributed by atoms with Crippen molar-refractivity contribution in [2.75, 3.05) is 0 Å². The fourth-order valence-corrected chi connectivity index (χ4v) is 9.33. The summed E-state index contributed by atoms with van der Waals surface area (Å²) < 4.78 is 5.23. The van der Waals surface area contributed by atoms with Gasteiger partial charge in [0.15, 0.2) is 0 Å². The largest absolute Gasteiger partial charge is 0.309 e. The van der Waals surface area contributed by atoms with Crippen LogP contribution in [0.25, 0.3) is 81.0 Å². The Morgan fingerprint density at radius 3 is 1.72 bits per heavy atom. The average Bonchev–Trinajstić information content (AvgIpc) is 3.74. The van der Waals surface area contributed by atoms with E-state index in [9.17, 15) is 0 Å². The minimum atomic E-state index is -0.0659. The molecule has 0 spiro atoms. The van der Waals surface area contributed by atoms with Gasteiger partial charge < -0.3 is 4.57 Å². The van der Waals surface area contributed by atoms with Gasteiger partial charge >= 0.3 is 0 Å².